The third-order valence-electron chi connectivity index (χ3n) is 4.71. The molecule has 0 saturated carbocycles. The maximum absolute atomic E-state index is 6.04. The topological polar surface area (TPSA) is 40.0 Å². The van der Waals surface area contributed by atoms with Crippen molar-refractivity contribution in [2.45, 2.75) is 84.7 Å². The molecule has 1 rings (SSSR count). The molecule has 0 radical (unpaired) electrons. The van der Waals surface area contributed by atoms with Gasteiger partial charge in [0.2, 0.25) is 0 Å². The first-order valence-corrected chi connectivity index (χ1v) is 8.19. The Kier molecular flexibility index (Phi) is 6.73. The Morgan fingerprint density at radius 1 is 1.19 bits per heavy atom. The quantitative estimate of drug-likeness (QED) is 0.381. The summed E-state index contributed by atoms with van der Waals surface area (Å²) >= 11 is 0. The minimum absolute atomic E-state index is 0.157. The first-order chi connectivity index (χ1) is 9.73. The second-order valence-electron chi connectivity index (χ2n) is 7.03. The molecule has 5 heteroatoms. The standard InChI is InChI=1S/C16H32BNO3/c1-8-9-10-13(2)14(18-19-7)11-12-17-20-15(3,4)16(5,6)21-17/h13H,8-12H2,1-7H3/b18-14-. The van der Waals surface area contributed by atoms with Crippen molar-refractivity contribution in [2.24, 2.45) is 11.1 Å². The van der Waals surface area contributed by atoms with E-state index in [4.69, 9.17) is 14.1 Å². The van der Waals surface area contributed by atoms with Gasteiger partial charge in [0.15, 0.2) is 0 Å². The zero-order chi connectivity index (χ0) is 16.1. The molecule has 1 aliphatic rings. The first kappa shape index (κ1) is 18.5. The Morgan fingerprint density at radius 3 is 2.24 bits per heavy atom. The van der Waals surface area contributed by atoms with Crippen LogP contribution in [0.4, 0.5) is 0 Å². The van der Waals surface area contributed by atoms with Gasteiger partial charge in [-0.2, -0.15) is 0 Å². The molecular formula is C16H32BNO3. The lowest BCUT2D eigenvalue weighted by atomic mass is 9.80. The molecule has 0 aromatic rings. The maximum Gasteiger partial charge on any atom is 0.458 e. The molecule has 0 amide bonds. The molecule has 1 unspecified atom stereocenters. The van der Waals surface area contributed by atoms with Gasteiger partial charge in [0, 0.05) is 0 Å². The van der Waals surface area contributed by atoms with Crippen LogP contribution >= 0.6 is 0 Å². The predicted octanol–water partition coefficient (Wildman–Crippen LogP) is 4.30. The maximum atomic E-state index is 6.04. The number of nitrogens with zero attached hydrogens (tertiary/aromatic N) is 1. The van der Waals surface area contributed by atoms with Crippen LogP contribution in [0.15, 0.2) is 5.16 Å². The molecule has 0 aromatic carbocycles. The lowest BCUT2D eigenvalue weighted by molar-refractivity contribution is 0.00578. The molecule has 0 N–H and O–H groups in total. The highest BCUT2D eigenvalue weighted by Crippen LogP contribution is 2.38. The van der Waals surface area contributed by atoms with Crippen molar-refractivity contribution in [3.05, 3.63) is 0 Å². The summed E-state index contributed by atoms with van der Waals surface area (Å²) in [6.45, 7) is 12.8. The van der Waals surface area contributed by atoms with Crippen LogP contribution < -0.4 is 0 Å². The summed E-state index contributed by atoms with van der Waals surface area (Å²) in [5.74, 6) is 0.451. The van der Waals surface area contributed by atoms with Crippen molar-refractivity contribution in [3.63, 3.8) is 0 Å². The molecule has 0 bridgehead atoms. The molecule has 122 valence electrons. The predicted molar refractivity (Wildman–Crippen MR) is 88.6 cm³/mol. The number of rotatable bonds is 8. The van der Waals surface area contributed by atoms with Gasteiger partial charge in [-0.1, -0.05) is 31.8 Å². The van der Waals surface area contributed by atoms with Crippen molar-refractivity contribution in [1.29, 1.82) is 0 Å². The molecule has 1 fully saturated rings. The number of hydrogen-bond donors (Lipinski definition) is 0. The average molecular weight is 297 g/mol. The van der Waals surface area contributed by atoms with Crippen LogP contribution in [0.25, 0.3) is 0 Å². The fraction of sp³-hybridized carbons (Fsp3) is 0.938. The van der Waals surface area contributed by atoms with E-state index in [1.54, 1.807) is 7.11 Å². The highest BCUT2D eigenvalue weighted by molar-refractivity contribution is 6.45. The van der Waals surface area contributed by atoms with E-state index in [-0.39, 0.29) is 18.3 Å². The summed E-state index contributed by atoms with van der Waals surface area (Å²) < 4.78 is 12.1. The Bertz CT molecular complexity index is 339. The third-order valence-corrected chi connectivity index (χ3v) is 4.71. The van der Waals surface area contributed by atoms with E-state index < -0.39 is 0 Å². The Balaban J connectivity index is 2.54. The van der Waals surface area contributed by atoms with Crippen molar-refractivity contribution in [1.82, 2.24) is 0 Å². The molecule has 4 nitrogen and oxygen atoms in total. The van der Waals surface area contributed by atoms with E-state index in [0.717, 1.165) is 24.9 Å². The summed E-state index contributed by atoms with van der Waals surface area (Å²) in [5.41, 5.74) is 0.592. The molecule has 1 heterocycles. The van der Waals surface area contributed by atoms with Gasteiger partial charge in [-0.25, -0.2) is 0 Å². The molecule has 0 aromatic heterocycles. The van der Waals surface area contributed by atoms with Crippen LogP contribution in [0, 0.1) is 5.92 Å². The van der Waals surface area contributed by atoms with Gasteiger partial charge in [-0.3, -0.25) is 0 Å². The summed E-state index contributed by atoms with van der Waals surface area (Å²) in [7, 11) is 1.46. The van der Waals surface area contributed by atoms with Gasteiger partial charge in [0.05, 0.1) is 16.9 Å². The van der Waals surface area contributed by atoms with E-state index in [1.165, 1.54) is 12.8 Å². The molecule has 1 saturated heterocycles. The minimum atomic E-state index is -0.260. The average Bonchev–Trinajstić information content (AvgIpc) is 2.60. The second-order valence-corrected chi connectivity index (χ2v) is 7.03. The summed E-state index contributed by atoms with van der Waals surface area (Å²) in [5, 5.41) is 4.22. The largest absolute Gasteiger partial charge is 0.458 e. The van der Waals surface area contributed by atoms with Gasteiger partial charge in [-0.05, 0) is 52.8 Å². The Labute approximate surface area is 130 Å². The van der Waals surface area contributed by atoms with Gasteiger partial charge >= 0.3 is 7.12 Å². The van der Waals surface area contributed by atoms with Gasteiger partial charge in [0.25, 0.3) is 0 Å². The minimum Gasteiger partial charge on any atom is -0.403 e. The Hall–Kier alpha value is -0.545. The molecular weight excluding hydrogens is 265 g/mol. The molecule has 21 heavy (non-hydrogen) atoms. The van der Waals surface area contributed by atoms with Crippen molar-refractivity contribution in [2.75, 3.05) is 7.11 Å². The highest BCUT2D eigenvalue weighted by Gasteiger charge is 2.50. The number of unbranched alkanes of at least 4 members (excludes halogenated alkanes) is 1. The lowest BCUT2D eigenvalue weighted by Gasteiger charge is -2.32. The first-order valence-electron chi connectivity index (χ1n) is 8.19. The number of oxime groups is 1. The van der Waals surface area contributed by atoms with Gasteiger partial charge in [0.1, 0.15) is 7.11 Å². The van der Waals surface area contributed by atoms with Crippen LogP contribution in [-0.4, -0.2) is 31.1 Å². The van der Waals surface area contributed by atoms with Gasteiger partial charge in [-0.15, -0.1) is 0 Å². The van der Waals surface area contributed by atoms with Gasteiger partial charge < -0.3 is 14.1 Å². The number of hydrogen-bond acceptors (Lipinski definition) is 4. The van der Waals surface area contributed by atoms with Crippen LogP contribution in [0.3, 0.4) is 0 Å². The SMILES string of the molecule is CCCCC(C)/C(CCB1OC(C)(C)C(C)(C)O1)=N\OC. The zero-order valence-corrected chi connectivity index (χ0v) is 14.9. The second kappa shape index (κ2) is 7.64. The van der Waals surface area contributed by atoms with Crippen LogP contribution in [-0.2, 0) is 14.1 Å². The van der Waals surface area contributed by atoms with E-state index in [1.807, 2.05) is 0 Å². The third kappa shape index (κ3) is 4.99. The lowest BCUT2D eigenvalue weighted by Crippen LogP contribution is -2.41. The van der Waals surface area contributed by atoms with Crippen molar-refractivity contribution >= 4 is 12.8 Å². The van der Waals surface area contributed by atoms with Crippen molar-refractivity contribution in [3.8, 4) is 0 Å². The molecule has 1 atom stereocenters. The summed E-state index contributed by atoms with van der Waals surface area (Å²) in [4.78, 5) is 5.01. The monoisotopic (exact) mass is 297 g/mol. The summed E-state index contributed by atoms with van der Waals surface area (Å²) in [6, 6.07) is 0. The van der Waals surface area contributed by atoms with Crippen molar-refractivity contribution < 1.29 is 14.1 Å². The van der Waals surface area contributed by atoms with E-state index in [0.29, 0.717) is 5.92 Å². The molecule has 0 spiro atoms. The summed E-state index contributed by atoms with van der Waals surface area (Å²) in [6.07, 6.45) is 5.27. The smallest absolute Gasteiger partial charge is 0.403 e. The molecule has 1 aliphatic heterocycles. The zero-order valence-electron chi connectivity index (χ0n) is 14.9. The van der Waals surface area contributed by atoms with E-state index in [2.05, 4.69) is 46.7 Å². The Morgan fingerprint density at radius 2 is 1.76 bits per heavy atom. The fourth-order valence-corrected chi connectivity index (χ4v) is 2.52. The highest BCUT2D eigenvalue weighted by atomic mass is 16.7. The van der Waals surface area contributed by atoms with E-state index in [9.17, 15) is 0 Å². The normalized spacial score (nSPS) is 22.4. The van der Waals surface area contributed by atoms with Crippen LogP contribution in [0.5, 0.6) is 0 Å². The molecule has 0 aliphatic carbocycles. The van der Waals surface area contributed by atoms with E-state index >= 15 is 0 Å². The van der Waals surface area contributed by atoms with Crippen LogP contribution in [0.1, 0.15) is 67.2 Å². The fourth-order valence-electron chi connectivity index (χ4n) is 2.52. The van der Waals surface area contributed by atoms with Crippen LogP contribution in [0.2, 0.25) is 6.32 Å².